The lowest BCUT2D eigenvalue weighted by Gasteiger charge is -2.33. The minimum absolute atomic E-state index is 0.0147. The van der Waals surface area contributed by atoms with Crippen LogP contribution in [0.15, 0.2) is 24.3 Å². The van der Waals surface area contributed by atoms with Gasteiger partial charge in [0.15, 0.2) is 0 Å². The number of para-hydroxylation sites is 1. The van der Waals surface area contributed by atoms with Crippen LogP contribution < -0.4 is 4.74 Å². The third kappa shape index (κ3) is 4.40. The van der Waals surface area contributed by atoms with Crippen molar-refractivity contribution in [2.75, 3.05) is 19.7 Å². The van der Waals surface area contributed by atoms with Crippen molar-refractivity contribution in [1.82, 2.24) is 4.90 Å². The molecule has 122 valence electrons. The van der Waals surface area contributed by atoms with Gasteiger partial charge in [-0.3, -0.25) is 4.79 Å². The van der Waals surface area contributed by atoms with Crippen LogP contribution in [0.4, 0.5) is 8.78 Å². The van der Waals surface area contributed by atoms with E-state index in [4.69, 9.17) is 4.74 Å². The Labute approximate surface area is 129 Å². The molecule has 1 atom stereocenters. The zero-order valence-electron chi connectivity index (χ0n) is 12.6. The summed E-state index contributed by atoms with van der Waals surface area (Å²) in [4.78, 5) is 14.2. The quantitative estimate of drug-likeness (QED) is 0.809. The third-order valence-electron chi connectivity index (χ3n) is 3.56. The van der Waals surface area contributed by atoms with Crippen LogP contribution in [0.1, 0.15) is 36.5 Å². The van der Waals surface area contributed by atoms with Gasteiger partial charge in [0.2, 0.25) is 0 Å². The van der Waals surface area contributed by atoms with Crippen LogP contribution in [0.3, 0.4) is 0 Å². The molecule has 22 heavy (non-hydrogen) atoms. The molecule has 1 saturated heterocycles. The number of halogens is 2. The number of benzene rings is 1. The zero-order chi connectivity index (χ0) is 15.9. The van der Waals surface area contributed by atoms with Crippen LogP contribution in [0, 0.1) is 0 Å². The first-order chi connectivity index (χ1) is 10.6. The Morgan fingerprint density at radius 1 is 1.41 bits per heavy atom. The predicted molar refractivity (Wildman–Crippen MR) is 78.2 cm³/mol. The predicted octanol–water partition coefficient (Wildman–Crippen LogP) is 3.32. The van der Waals surface area contributed by atoms with Gasteiger partial charge >= 0.3 is 6.61 Å². The van der Waals surface area contributed by atoms with E-state index in [1.807, 2.05) is 6.92 Å². The van der Waals surface area contributed by atoms with E-state index in [9.17, 15) is 13.6 Å². The second kappa shape index (κ2) is 8.08. The van der Waals surface area contributed by atoms with Crippen LogP contribution in [-0.2, 0) is 4.74 Å². The average molecular weight is 313 g/mol. The summed E-state index contributed by atoms with van der Waals surface area (Å²) in [5, 5.41) is 0. The fraction of sp³-hybridized carbons (Fsp3) is 0.562. The first kappa shape index (κ1) is 16.7. The fourth-order valence-electron chi connectivity index (χ4n) is 2.56. The highest BCUT2D eigenvalue weighted by Crippen LogP contribution is 2.24. The lowest BCUT2D eigenvalue weighted by atomic mass is 10.1. The molecule has 0 N–H and O–H groups in total. The van der Waals surface area contributed by atoms with E-state index in [1.54, 1.807) is 17.0 Å². The summed E-state index contributed by atoms with van der Waals surface area (Å²) in [5.74, 6) is -0.375. The van der Waals surface area contributed by atoms with Crippen molar-refractivity contribution in [3.63, 3.8) is 0 Å². The van der Waals surface area contributed by atoms with E-state index in [2.05, 4.69) is 4.74 Å². The van der Waals surface area contributed by atoms with Crippen molar-refractivity contribution in [2.24, 2.45) is 0 Å². The van der Waals surface area contributed by atoms with Gasteiger partial charge in [0.1, 0.15) is 5.75 Å². The second-order valence-corrected chi connectivity index (χ2v) is 5.26. The van der Waals surface area contributed by atoms with Crippen LogP contribution in [-0.4, -0.2) is 43.2 Å². The van der Waals surface area contributed by atoms with E-state index in [1.165, 1.54) is 12.1 Å². The standard InChI is InChI=1S/C16H21F2NO3/c1-2-10-21-12-6-5-9-19(11-12)15(20)13-7-3-4-8-14(13)22-16(17)18/h3-4,7-8,12,16H,2,5-6,9-11H2,1H3/t12-/m1/s1. The molecule has 1 amide bonds. The number of piperidine rings is 1. The average Bonchev–Trinajstić information content (AvgIpc) is 2.52. The normalized spacial score (nSPS) is 18.5. The first-order valence-corrected chi connectivity index (χ1v) is 7.56. The molecule has 1 fully saturated rings. The molecule has 0 aliphatic carbocycles. The number of likely N-dealkylation sites (tertiary alicyclic amines) is 1. The molecule has 1 aromatic rings. The molecule has 2 rings (SSSR count). The molecule has 1 aliphatic rings. The highest BCUT2D eigenvalue weighted by molar-refractivity contribution is 5.97. The molecule has 0 unspecified atom stereocenters. The number of alkyl halides is 2. The van der Waals surface area contributed by atoms with Gasteiger partial charge in [-0.25, -0.2) is 0 Å². The summed E-state index contributed by atoms with van der Waals surface area (Å²) in [5.41, 5.74) is 0.166. The second-order valence-electron chi connectivity index (χ2n) is 5.26. The highest BCUT2D eigenvalue weighted by Gasteiger charge is 2.27. The van der Waals surface area contributed by atoms with Gasteiger partial charge in [-0.15, -0.1) is 0 Å². The SMILES string of the molecule is CCCO[C@@H]1CCCN(C(=O)c2ccccc2OC(F)F)C1. The van der Waals surface area contributed by atoms with Gasteiger partial charge in [-0.05, 0) is 31.4 Å². The zero-order valence-corrected chi connectivity index (χ0v) is 12.6. The Morgan fingerprint density at radius 3 is 2.91 bits per heavy atom. The summed E-state index contributed by atoms with van der Waals surface area (Å²) in [6, 6.07) is 6.10. The number of hydrogen-bond donors (Lipinski definition) is 0. The Hall–Kier alpha value is -1.69. The van der Waals surface area contributed by atoms with E-state index >= 15 is 0 Å². The maximum Gasteiger partial charge on any atom is 0.387 e. The van der Waals surface area contributed by atoms with Crippen molar-refractivity contribution in [2.45, 2.75) is 38.9 Å². The van der Waals surface area contributed by atoms with Crippen molar-refractivity contribution in [3.05, 3.63) is 29.8 Å². The Kier molecular flexibility index (Phi) is 6.12. The summed E-state index contributed by atoms with van der Waals surface area (Å²) in [6.07, 6.45) is 2.70. The number of hydrogen-bond acceptors (Lipinski definition) is 3. The molecule has 0 saturated carbocycles. The van der Waals surface area contributed by atoms with Gasteiger partial charge in [-0.2, -0.15) is 8.78 Å². The maximum atomic E-state index is 12.6. The number of nitrogens with zero attached hydrogens (tertiary/aromatic N) is 1. The van der Waals surface area contributed by atoms with Gasteiger partial charge in [-0.1, -0.05) is 19.1 Å². The number of rotatable bonds is 6. The smallest absolute Gasteiger partial charge is 0.387 e. The molecular weight excluding hydrogens is 292 g/mol. The molecule has 1 aliphatic heterocycles. The molecule has 6 heteroatoms. The van der Waals surface area contributed by atoms with Crippen molar-refractivity contribution in [1.29, 1.82) is 0 Å². The molecule has 0 bridgehead atoms. The lowest BCUT2D eigenvalue weighted by molar-refractivity contribution is -0.0504. The maximum absolute atomic E-state index is 12.6. The highest BCUT2D eigenvalue weighted by atomic mass is 19.3. The summed E-state index contributed by atoms with van der Waals surface area (Å²) in [6.45, 7) is 0.841. The topological polar surface area (TPSA) is 38.8 Å². The van der Waals surface area contributed by atoms with Gasteiger partial charge in [0, 0.05) is 19.7 Å². The molecule has 0 aromatic heterocycles. The van der Waals surface area contributed by atoms with Gasteiger partial charge in [0.05, 0.1) is 11.7 Å². The number of carbonyl (C=O) groups is 1. The Morgan fingerprint density at radius 2 is 2.18 bits per heavy atom. The molecular formula is C16H21F2NO3. The van der Waals surface area contributed by atoms with Crippen molar-refractivity contribution >= 4 is 5.91 Å². The largest absolute Gasteiger partial charge is 0.434 e. The number of carbonyl (C=O) groups excluding carboxylic acids is 1. The minimum atomic E-state index is -2.95. The first-order valence-electron chi connectivity index (χ1n) is 7.56. The van der Waals surface area contributed by atoms with E-state index < -0.39 is 6.61 Å². The summed E-state index contributed by atoms with van der Waals surface area (Å²) < 4.78 is 35.0. The van der Waals surface area contributed by atoms with E-state index in [0.29, 0.717) is 19.7 Å². The van der Waals surface area contributed by atoms with Crippen molar-refractivity contribution < 1.29 is 23.0 Å². The molecule has 1 heterocycles. The van der Waals surface area contributed by atoms with Crippen LogP contribution in [0.5, 0.6) is 5.75 Å². The van der Waals surface area contributed by atoms with Crippen LogP contribution in [0.2, 0.25) is 0 Å². The van der Waals surface area contributed by atoms with Gasteiger partial charge < -0.3 is 14.4 Å². The molecule has 4 nitrogen and oxygen atoms in total. The molecule has 0 radical (unpaired) electrons. The number of amides is 1. The third-order valence-corrected chi connectivity index (χ3v) is 3.56. The van der Waals surface area contributed by atoms with Gasteiger partial charge in [0.25, 0.3) is 5.91 Å². The monoisotopic (exact) mass is 313 g/mol. The Balaban J connectivity index is 2.07. The van der Waals surface area contributed by atoms with Crippen molar-refractivity contribution in [3.8, 4) is 5.75 Å². The van der Waals surface area contributed by atoms with Crippen LogP contribution in [0.25, 0.3) is 0 Å². The lowest BCUT2D eigenvalue weighted by Crippen LogP contribution is -2.43. The molecule has 0 spiro atoms. The fourth-order valence-corrected chi connectivity index (χ4v) is 2.56. The van der Waals surface area contributed by atoms with E-state index in [0.717, 1.165) is 19.3 Å². The van der Waals surface area contributed by atoms with Crippen LogP contribution >= 0.6 is 0 Å². The Bertz CT molecular complexity index is 496. The summed E-state index contributed by atoms with van der Waals surface area (Å²) in [7, 11) is 0. The minimum Gasteiger partial charge on any atom is -0.434 e. The number of ether oxygens (including phenoxy) is 2. The molecule has 1 aromatic carbocycles. The van der Waals surface area contributed by atoms with E-state index in [-0.39, 0.29) is 23.3 Å². The summed E-state index contributed by atoms with van der Waals surface area (Å²) >= 11 is 0.